The monoisotopic (exact) mass is 240 g/mol. The number of nitrogens with one attached hydrogen (secondary N) is 1. The molecule has 3 rings (SSSR count). The van der Waals surface area contributed by atoms with E-state index >= 15 is 0 Å². The molecule has 0 amide bonds. The molecule has 98 valence electrons. The van der Waals surface area contributed by atoms with E-state index < -0.39 is 0 Å². The van der Waals surface area contributed by atoms with Gasteiger partial charge in [-0.05, 0) is 18.8 Å². The Balaban J connectivity index is 1.56. The lowest BCUT2D eigenvalue weighted by atomic mass is 10.0. The summed E-state index contributed by atoms with van der Waals surface area (Å²) in [6.07, 6.45) is 3.88. The van der Waals surface area contributed by atoms with Crippen molar-refractivity contribution in [1.82, 2.24) is 10.2 Å². The van der Waals surface area contributed by atoms with E-state index in [4.69, 9.17) is 9.47 Å². The van der Waals surface area contributed by atoms with Gasteiger partial charge in [0.1, 0.15) is 5.60 Å². The van der Waals surface area contributed by atoms with Crippen LogP contribution in [0.5, 0.6) is 0 Å². The molecule has 0 spiro atoms. The first-order chi connectivity index (χ1) is 8.31. The van der Waals surface area contributed by atoms with Gasteiger partial charge in [0.25, 0.3) is 0 Å². The normalized spacial score (nSPS) is 39.7. The quantitative estimate of drug-likeness (QED) is 0.775. The molecule has 0 aromatic carbocycles. The number of hydrogen-bond acceptors (Lipinski definition) is 4. The topological polar surface area (TPSA) is 33.7 Å². The van der Waals surface area contributed by atoms with Crippen molar-refractivity contribution in [3.63, 3.8) is 0 Å². The molecule has 0 bridgehead atoms. The zero-order chi connectivity index (χ0) is 11.7. The predicted molar refractivity (Wildman–Crippen MR) is 66.1 cm³/mol. The molecule has 1 N–H and O–H groups in total. The summed E-state index contributed by atoms with van der Waals surface area (Å²) in [6.45, 7) is 6.12. The minimum atomic E-state index is -0.0363. The molecular weight excluding hydrogens is 216 g/mol. The van der Waals surface area contributed by atoms with Crippen molar-refractivity contribution in [1.29, 1.82) is 0 Å². The lowest BCUT2D eigenvalue weighted by molar-refractivity contribution is -0.0454. The molecule has 4 heteroatoms. The number of piperazine rings is 1. The first-order valence-corrected chi connectivity index (χ1v) is 6.90. The summed E-state index contributed by atoms with van der Waals surface area (Å²) in [5.74, 6) is 0.941. The van der Waals surface area contributed by atoms with Gasteiger partial charge in [-0.1, -0.05) is 0 Å². The van der Waals surface area contributed by atoms with Crippen molar-refractivity contribution in [3.05, 3.63) is 0 Å². The first-order valence-electron chi connectivity index (χ1n) is 6.90. The van der Waals surface area contributed by atoms with E-state index in [9.17, 15) is 0 Å². The van der Waals surface area contributed by atoms with Gasteiger partial charge in [0.2, 0.25) is 0 Å². The Bertz CT molecular complexity index is 262. The summed E-state index contributed by atoms with van der Waals surface area (Å²) < 4.78 is 11.2. The van der Waals surface area contributed by atoms with Crippen molar-refractivity contribution in [2.24, 2.45) is 5.92 Å². The minimum Gasteiger partial charge on any atom is -0.378 e. The molecule has 0 aromatic heterocycles. The third-order valence-electron chi connectivity index (χ3n) is 4.49. The number of ether oxygens (including phenoxy) is 2. The van der Waals surface area contributed by atoms with Crippen molar-refractivity contribution in [2.75, 3.05) is 46.5 Å². The summed E-state index contributed by atoms with van der Waals surface area (Å²) in [4.78, 5) is 2.57. The van der Waals surface area contributed by atoms with Crippen LogP contribution in [0, 0.1) is 5.92 Å². The van der Waals surface area contributed by atoms with Gasteiger partial charge < -0.3 is 14.8 Å². The molecule has 2 heterocycles. The van der Waals surface area contributed by atoms with Gasteiger partial charge in [0.15, 0.2) is 0 Å². The van der Waals surface area contributed by atoms with Crippen LogP contribution < -0.4 is 5.32 Å². The van der Waals surface area contributed by atoms with E-state index in [1.54, 1.807) is 0 Å². The van der Waals surface area contributed by atoms with E-state index in [0.717, 1.165) is 51.2 Å². The molecule has 2 atom stereocenters. The average Bonchev–Trinajstić information content (AvgIpc) is 3.11. The average molecular weight is 240 g/mol. The Morgan fingerprint density at radius 2 is 2.35 bits per heavy atom. The SMILES string of the molecule is COC1(CN2CCNC(C3CC3)C2)CCOC1. The van der Waals surface area contributed by atoms with Gasteiger partial charge in [0, 0.05) is 52.4 Å². The maximum absolute atomic E-state index is 5.73. The molecule has 3 aliphatic rings. The molecule has 0 radical (unpaired) electrons. The molecule has 2 saturated heterocycles. The first kappa shape index (κ1) is 11.9. The molecule has 0 aromatic rings. The molecular formula is C13H24N2O2. The van der Waals surface area contributed by atoms with Crippen LogP contribution in [0.15, 0.2) is 0 Å². The summed E-state index contributed by atoms with van der Waals surface area (Å²) in [5, 5.41) is 3.65. The highest BCUT2D eigenvalue weighted by Crippen LogP contribution is 2.34. The highest BCUT2D eigenvalue weighted by atomic mass is 16.5. The zero-order valence-electron chi connectivity index (χ0n) is 10.8. The molecule has 3 fully saturated rings. The summed E-state index contributed by atoms with van der Waals surface area (Å²) in [6, 6.07) is 0.722. The fourth-order valence-electron chi connectivity index (χ4n) is 3.15. The predicted octanol–water partition coefficient (Wildman–Crippen LogP) is 0.476. The largest absolute Gasteiger partial charge is 0.378 e. The molecule has 17 heavy (non-hydrogen) atoms. The lowest BCUT2D eigenvalue weighted by Gasteiger charge is -2.38. The Hall–Kier alpha value is -0.160. The second kappa shape index (κ2) is 4.84. The maximum Gasteiger partial charge on any atom is 0.106 e. The van der Waals surface area contributed by atoms with E-state index in [1.165, 1.54) is 19.4 Å². The lowest BCUT2D eigenvalue weighted by Crippen LogP contribution is -2.56. The van der Waals surface area contributed by atoms with Gasteiger partial charge in [-0.3, -0.25) is 4.90 Å². The number of nitrogens with zero attached hydrogens (tertiary/aromatic N) is 1. The molecule has 1 saturated carbocycles. The van der Waals surface area contributed by atoms with Gasteiger partial charge >= 0.3 is 0 Å². The fourth-order valence-corrected chi connectivity index (χ4v) is 3.15. The summed E-state index contributed by atoms with van der Waals surface area (Å²) in [7, 11) is 1.83. The second-order valence-corrected chi connectivity index (χ2v) is 5.82. The van der Waals surface area contributed by atoms with Gasteiger partial charge in [0.05, 0.1) is 6.61 Å². The van der Waals surface area contributed by atoms with E-state index in [2.05, 4.69) is 10.2 Å². The molecule has 4 nitrogen and oxygen atoms in total. The van der Waals surface area contributed by atoms with Gasteiger partial charge in [-0.25, -0.2) is 0 Å². The van der Waals surface area contributed by atoms with Crippen molar-refractivity contribution < 1.29 is 9.47 Å². The van der Waals surface area contributed by atoms with Crippen LogP contribution in [0.25, 0.3) is 0 Å². The standard InChI is InChI=1S/C13H24N2O2/c1-16-13(4-7-17-10-13)9-15-6-5-14-12(8-15)11-2-3-11/h11-12,14H,2-10H2,1H3. The Morgan fingerprint density at radius 1 is 1.47 bits per heavy atom. The van der Waals surface area contributed by atoms with Crippen molar-refractivity contribution in [2.45, 2.75) is 30.9 Å². The van der Waals surface area contributed by atoms with Crippen LogP contribution in [0.2, 0.25) is 0 Å². The second-order valence-electron chi connectivity index (χ2n) is 5.82. The highest BCUT2D eigenvalue weighted by molar-refractivity contribution is 4.94. The van der Waals surface area contributed by atoms with E-state index in [0.29, 0.717) is 0 Å². The Kier molecular flexibility index (Phi) is 3.39. The smallest absolute Gasteiger partial charge is 0.106 e. The van der Waals surface area contributed by atoms with Crippen LogP contribution in [0.3, 0.4) is 0 Å². The number of hydrogen-bond donors (Lipinski definition) is 1. The molecule has 2 unspecified atom stereocenters. The van der Waals surface area contributed by atoms with E-state index in [-0.39, 0.29) is 5.60 Å². The molecule has 2 aliphatic heterocycles. The minimum absolute atomic E-state index is 0.0363. The zero-order valence-corrected chi connectivity index (χ0v) is 10.8. The van der Waals surface area contributed by atoms with Crippen LogP contribution in [0.1, 0.15) is 19.3 Å². The van der Waals surface area contributed by atoms with Crippen LogP contribution in [-0.4, -0.2) is 63.0 Å². The van der Waals surface area contributed by atoms with Crippen LogP contribution in [-0.2, 0) is 9.47 Å². The number of methoxy groups -OCH3 is 1. The van der Waals surface area contributed by atoms with Crippen LogP contribution in [0.4, 0.5) is 0 Å². The van der Waals surface area contributed by atoms with Crippen molar-refractivity contribution in [3.8, 4) is 0 Å². The summed E-state index contributed by atoms with van der Waals surface area (Å²) in [5.41, 5.74) is -0.0363. The van der Waals surface area contributed by atoms with Crippen LogP contribution >= 0.6 is 0 Å². The Morgan fingerprint density at radius 3 is 3.00 bits per heavy atom. The van der Waals surface area contributed by atoms with E-state index in [1.807, 2.05) is 7.11 Å². The Labute approximate surface area is 104 Å². The van der Waals surface area contributed by atoms with Gasteiger partial charge in [-0.2, -0.15) is 0 Å². The highest BCUT2D eigenvalue weighted by Gasteiger charge is 2.39. The molecule has 1 aliphatic carbocycles. The van der Waals surface area contributed by atoms with Crippen molar-refractivity contribution >= 4 is 0 Å². The third-order valence-corrected chi connectivity index (χ3v) is 4.49. The summed E-state index contributed by atoms with van der Waals surface area (Å²) >= 11 is 0. The fraction of sp³-hybridized carbons (Fsp3) is 1.00. The number of rotatable bonds is 4. The van der Waals surface area contributed by atoms with Gasteiger partial charge in [-0.15, -0.1) is 0 Å². The maximum atomic E-state index is 5.73. The third kappa shape index (κ3) is 2.65.